The summed E-state index contributed by atoms with van der Waals surface area (Å²) in [4.78, 5) is 15.3. The van der Waals surface area contributed by atoms with Crippen LogP contribution in [0.25, 0.3) is 106 Å². The molecule has 0 aliphatic heterocycles. The molecular formula is C51H33N3O. The maximum absolute atomic E-state index is 6.58. The second-order valence-electron chi connectivity index (χ2n) is 14.3. The number of rotatable bonds is 5. The van der Waals surface area contributed by atoms with Crippen molar-refractivity contribution < 1.29 is 4.42 Å². The Balaban J connectivity index is 1.11. The highest BCUT2D eigenvalue weighted by molar-refractivity contribution is 6.15. The Bertz CT molecular complexity index is 3090. The fourth-order valence-corrected chi connectivity index (χ4v) is 8.36. The molecule has 4 heteroatoms. The summed E-state index contributed by atoms with van der Waals surface area (Å²) in [7, 11) is 0. The second-order valence-corrected chi connectivity index (χ2v) is 14.3. The molecule has 0 bridgehead atoms. The van der Waals surface area contributed by atoms with Crippen LogP contribution < -0.4 is 0 Å². The molecule has 4 nitrogen and oxygen atoms in total. The summed E-state index contributed by atoms with van der Waals surface area (Å²) in [5.41, 5.74) is 11.6. The zero-order valence-corrected chi connectivity index (χ0v) is 29.9. The second kappa shape index (κ2) is 12.8. The van der Waals surface area contributed by atoms with E-state index in [0.29, 0.717) is 17.5 Å². The molecule has 8 aromatic carbocycles. The summed E-state index contributed by atoms with van der Waals surface area (Å²) in [6.45, 7) is 0. The lowest BCUT2D eigenvalue weighted by molar-refractivity contribution is 0.669. The number of furan rings is 1. The number of hydrogen-bond acceptors (Lipinski definition) is 4. The van der Waals surface area contributed by atoms with E-state index in [1.807, 2.05) is 72.8 Å². The lowest BCUT2D eigenvalue weighted by atomic mass is 9.85. The molecule has 0 saturated heterocycles. The number of nitrogens with zero attached hydrogens (tertiary/aromatic N) is 3. The zero-order chi connectivity index (χ0) is 36.3. The largest absolute Gasteiger partial charge is 0.456 e. The van der Waals surface area contributed by atoms with E-state index in [1.54, 1.807) is 0 Å². The number of aromatic nitrogens is 3. The fraction of sp³-hybridized carbons (Fsp3) is 0.0392. The van der Waals surface area contributed by atoms with Crippen molar-refractivity contribution in [2.45, 2.75) is 12.8 Å². The van der Waals surface area contributed by atoms with Crippen molar-refractivity contribution in [1.29, 1.82) is 0 Å². The van der Waals surface area contributed by atoms with Gasteiger partial charge in [-0.2, -0.15) is 0 Å². The SMILES string of the molecule is C1=Cc2c(c3ccccc3c3cc(-c4cccc(-c5cc(-c6nc(-c7ccccc7)nc(-c7ccccc7)n6)c6c(c5)oc5ccccc56)c4)ccc23)CC1. The molecule has 2 heterocycles. The standard InChI is InChI=1S/C51H33N3O/c1-3-14-32(15-4-1)49-52-50(33-16-5-2-6-17-33)54-51(53-49)45-30-37(31-47-48(45)43-24-11-12-25-46(43)55-47)35-19-13-18-34(28-35)36-26-27-42-40-22-8-7-20-38(40)39-21-9-10-23-41(39)44(42)29-36/h1-6,8-19,21-31H,7,20H2. The summed E-state index contributed by atoms with van der Waals surface area (Å²) < 4.78 is 6.58. The number of fused-ring (bicyclic) bond motifs is 9. The van der Waals surface area contributed by atoms with Gasteiger partial charge in [0.2, 0.25) is 0 Å². The third-order valence-corrected chi connectivity index (χ3v) is 11.0. The Labute approximate surface area is 318 Å². The average Bonchev–Trinajstić information content (AvgIpc) is 3.65. The summed E-state index contributed by atoms with van der Waals surface area (Å²) in [5, 5.41) is 7.28. The molecule has 0 fully saturated rings. The Morgan fingerprint density at radius 3 is 1.78 bits per heavy atom. The van der Waals surface area contributed by atoms with E-state index in [2.05, 4.69) is 103 Å². The molecule has 0 unspecified atom stereocenters. The first-order valence-electron chi connectivity index (χ1n) is 18.8. The third-order valence-electron chi connectivity index (χ3n) is 11.0. The molecule has 1 aliphatic rings. The number of allylic oxidation sites excluding steroid dienone is 1. The molecule has 0 atom stereocenters. The first-order valence-corrected chi connectivity index (χ1v) is 18.8. The van der Waals surface area contributed by atoms with E-state index in [0.717, 1.165) is 68.2 Å². The van der Waals surface area contributed by atoms with Crippen molar-refractivity contribution in [2.75, 3.05) is 0 Å². The molecule has 258 valence electrons. The molecule has 2 aromatic heterocycles. The van der Waals surface area contributed by atoms with Gasteiger partial charge in [-0.05, 0) is 98.1 Å². The average molecular weight is 704 g/mol. The van der Waals surface area contributed by atoms with Crippen LogP contribution in [-0.4, -0.2) is 15.0 Å². The Morgan fingerprint density at radius 1 is 0.400 bits per heavy atom. The highest BCUT2D eigenvalue weighted by Crippen LogP contribution is 2.42. The van der Waals surface area contributed by atoms with Crippen molar-refractivity contribution in [2.24, 2.45) is 0 Å². The Morgan fingerprint density at radius 2 is 1.02 bits per heavy atom. The van der Waals surface area contributed by atoms with Crippen molar-refractivity contribution in [3.8, 4) is 56.4 Å². The molecule has 10 aromatic rings. The summed E-state index contributed by atoms with van der Waals surface area (Å²) >= 11 is 0. The van der Waals surface area contributed by atoms with Gasteiger partial charge in [-0.1, -0.05) is 146 Å². The molecular weight excluding hydrogens is 671 g/mol. The van der Waals surface area contributed by atoms with Crippen molar-refractivity contribution >= 4 is 49.6 Å². The summed E-state index contributed by atoms with van der Waals surface area (Å²) in [6, 6.07) is 57.4. The zero-order valence-electron chi connectivity index (χ0n) is 29.9. The number of hydrogen-bond donors (Lipinski definition) is 0. The van der Waals surface area contributed by atoms with E-state index in [4.69, 9.17) is 19.4 Å². The minimum Gasteiger partial charge on any atom is -0.456 e. The van der Waals surface area contributed by atoms with Crippen LogP contribution in [0.5, 0.6) is 0 Å². The lowest BCUT2D eigenvalue weighted by Crippen LogP contribution is -2.00. The van der Waals surface area contributed by atoms with Crippen LogP contribution in [0.1, 0.15) is 17.5 Å². The molecule has 0 amide bonds. The van der Waals surface area contributed by atoms with Crippen LogP contribution >= 0.6 is 0 Å². The van der Waals surface area contributed by atoms with Gasteiger partial charge in [0.05, 0.1) is 0 Å². The van der Waals surface area contributed by atoms with Crippen molar-refractivity contribution in [3.05, 3.63) is 181 Å². The fourth-order valence-electron chi connectivity index (χ4n) is 8.36. The Hall–Kier alpha value is -7.17. The maximum Gasteiger partial charge on any atom is 0.164 e. The number of benzene rings is 8. The van der Waals surface area contributed by atoms with Crippen LogP contribution in [0.15, 0.2) is 174 Å². The van der Waals surface area contributed by atoms with E-state index in [1.165, 1.54) is 38.2 Å². The van der Waals surface area contributed by atoms with E-state index in [-0.39, 0.29) is 0 Å². The summed E-state index contributed by atoms with van der Waals surface area (Å²) in [6.07, 6.45) is 6.79. The van der Waals surface area contributed by atoms with Crippen molar-refractivity contribution in [1.82, 2.24) is 15.0 Å². The van der Waals surface area contributed by atoms with Crippen molar-refractivity contribution in [3.63, 3.8) is 0 Å². The molecule has 0 N–H and O–H groups in total. The number of para-hydroxylation sites is 1. The van der Waals surface area contributed by atoms with Crippen LogP contribution in [-0.2, 0) is 6.42 Å². The van der Waals surface area contributed by atoms with Gasteiger partial charge in [-0.3, -0.25) is 0 Å². The molecule has 0 spiro atoms. The minimum absolute atomic E-state index is 0.598. The van der Waals surface area contributed by atoms with Crippen LogP contribution in [0.2, 0.25) is 0 Å². The number of aryl methyl sites for hydroxylation is 1. The summed E-state index contributed by atoms with van der Waals surface area (Å²) in [5.74, 6) is 1.85. The quantitative estimate of drug-likeness (QED) is 0.167. The predicted molar refractivity (Wildman–Crippen MR) is 227 cm³/mol. The van der Waals surface area contributed by atoms with Gasteiger partial charge in [0.1, 0.15) is 11.2 Å². The predicted octanol–water partition coefficient (Wildman–Crippen LogP) is 13.4. The van der Waals surface area contributed by atoms with Crippen LogP contribution in [0.4, 0.5) is 0 Å². The van der Waals surface area contributed by atoms with Gasteiger partial charge in [0, 0.05) is 27.5 Å². The molecule has 0 saturated carbocycles. The topological polar surface area (TPSA) is 51.8 Å². The molecule has 1 aliphatic carbocycles. The van der Waals surface area contributed by atoms with Crippen LogP contribution in [0.3, 0.4) is 0 Å². The highest BCUT2D eigenvalue weighted by atomic mass is 16.3. The van der Waals surface area contributed by atoms with E-state index < -0.39 is 0 Å². The van der Waals surface area contributed by atoms with Gasteiger partial charge in [0.15, 0.2) is 17.5 Å². The Kier molecular flexibility index (Phi) is 7.27. The van der Waals surface area contributed by atoms with Gasteiger partial charge < -0.3 is 4.42 Å². The molecule has 11 rings (SSSR count). The first kappa shape index (κ1) is 31.4. The van der Waals surface area contributed by atoms with Gasteiger partial charge >= 0.3 is 0 Å². The van der Waals surface area contributed by atoms with Gasteiger partial charge in [-0.25, -0.2) is 15.0 Å². The monoisotopic (exact) mass is 703 g/mol. The third kappa shape index (κ3) is 5.33. The van der Waals surface area contributed by atoms with Crippen LogP contribution in [0, 0.1) is 0 Å². The lowest BCUT2D eigenvalue weighted by Gasteiger charge is -2.18. The first-order chi connectivity index (χ1) is 27.2. The van der Waals surface area contributed by atoms with E-state index in [9.17, 15) is 0 Å². The smallest absolute Gasteiger partial charge is 0.164 e. The maximum atomic E-state index is 6.58. The van der Waals surface area contributed by atoms with E-state index >= 15 is 0 Å². The van der Waals surface area contributed by atoms with Gasteiger partial charge in [0.25, 0.3) is 0 Å². The normalized spacial score (nSPS) is 12.5. The highest BCUT2D eigenvalue weighted by Gasteiger charge is 2.20. The minimum atomic E-state index is 0.598. The van der Waals surface area contributed by atoms with Gasteiger partial charge in [-0.15, -0.1) is 0 Å². The molecule has 0 radical (unpaired) electrons. The molecule has 55 heavy (non-hydrogen) atoms.